The van der Waals surface area contributed by atoms with Crippen molar-refractivity contribution in [3.8, 4) is 11.5 Å². The molecule has 17 heavy (non-hydrogen) atoms. The van der Waals surface area contributed by atoms with Crippen LogP contribution < -0.4 is 14.8 Å². The van der Waals surface area contributed by atoms with Gasteiger partial charge in [-0.3, -0.25) is 0 Å². The minimum atomic E-state index is -0.514. The van der Waals surface area contributed by atoms with E-state index in [-0.39, 0.29) is 5.97 Å². The summed E-state index contributed by atoms with van der Waals surface area (Å²) in [7, 11) is 6.16. The standard InChI is InChI=1S/C12H17NO4/c1-13-11(12(14)17-4)8-5-6-9(15-2)10(7-8)16-3/h5-7,11,13H,1-4H3. The van der Waals surface area contributed by atoms with Crippen LogP contribution in [0, 0.1) is 0 Å². The number of hydrogen-bond donors (Lipinski definition) is 1. The first-order valence-corrected chi connectivity index (χ1v) is 5.15. The zero-order valence-corrected chi connectivity index (χ0v) is 10.4. The zero-order chi connectivity index (χ0) is 12.8. The van der Waals surface area contributed by atoms with Gasteiger partial charge in [0.05, 0.1) is 21.3 Å². The maximum absolute atomic E-state index is 11.5. The minimum absolute atomic E-state index is 0.347. The van der Waals surface area contributed by atoms with Crippen LogP contribution in [0.2, 0.25) is 0 Å². The van der Waals surface area contributed by atoms with Gasteiger partial charge >= 0.3 is 5.97 Å². The Bertz CT molecular complexity index is 392. The number of nitrogens with one attached hydrogen (secondary N) is 1. The molecule has 5 nitrogen and oxygen atoms in total. The Hall–Kier alpha value is -1.75. The number of hydrogen-bond acceptors (Lipinski definition) is 5. The van der Waals surface area contributed by atoms with Crippen LogP contribution in [-0.2, 0) is 9.53 Å². The summed E-state index contributed by atoms with van der Waals surface area (Å²) in [6.07, 6.45) is 0. The average Bonchev–Trinajstić information content (AvgIpc) is 2.38. The summed E-state index contributed by atoms with van der Waals surface area (Å²) < 4.78 is 15.0. The maximum Gasteiger partial charge on any atom is 0.327 e. The first-order valence-electron chi connectivity index (χ1n) is 5.15. The predicted octanol–water partition coefficient (Wildman–Crippen LogP) is 1.14. The molecule has 0 saturated carbocycles. The van der Waals surface area contributed by atoms with Gasteiger partial charge < -0.3 is 19.5 Å². The third-order valence-corrected chi connectivity index (χ3v) is 2.47. The summed E-state index contributed by atoms with van der Waals surface area (Å²) in [6, 6.07) is 4.78. The van der Waals surface area contributed by atoms with Crippen molar-refractivity contribution in [1.82, 2.24) is 5.32 Å². The van der Waals surface area contributed by atoms with Crippen molar-refractivity contribution in [3.63, 3.8) is 0 Å². The van der Waals surface area contributed by atoms with Crippen molar-refractivity contribution < 1.29 is 19.0 Å². The fourth-order valence-electron chi connectivity index (χ4n) is 1.57. The predicted molar refractivity (Wildman–Crippen MR) is 63.4 cm³/mol. The van der Waals surface area contributed by atoms with Crippen LogP contribution in [0.5, 0.6) is 11.5 Å². The van der Waals surface area contributed by atoms with Crippen molar-refractivity contribution in [2.24, 2.45) is 0 Å². The Morgan fingerprint density at radius 2 is 1.82 bits per heavy atom. The molecule has 0 spiro atoms. The van der Waals surface area contributed by atoms with Crippen LogP contribution in [0.3, 0.4) is 0 Å². The topological polar surface area (TPSA) is 56.8 Å². The molecule has 0 radical (unpaired) electrons. The Morgan fingerprint density at radius 3 is 2.29 bits per heavy atom. The van der Waals surface area contributed by atoms with Crippen molar-refractivity contribution in [1.29, 1.82) is 0 Å². The highest BCUT2D eigenvalue weighted by molar-refractivity contribution is 5.77. The third-order valence-electron chi connectivity index (χ3n) is 2.47. The molecule has 1 aromatic carbocycles. The number of rotatable bonds is 5. The highest BCUT2D eigenvalue weighted by Gasteiger charge is 2.20. The summed E-state index contributed by atoms with van der Waals surface area (Å²) >= 11 is 0. The van der Waals surface area contributed by atoms with E-state index in [0.29, 0.717) is 11.5 Å². The van der Waals surface area contributed by atoms with E-state index in [1.807, 2.05) is 0 Å². The molecular formula is C12H17NO4. The van der Waals surface area contributed by atoms with E-state index in [9.17, 15) is 4.79 Å². The van der Waals surface area contributed by atoms with Crippen molar-refractivity contribution >= 4 is 5.97 Å². The van der Waals surface area contributed by atoms with Gasteiger partial charge in [0.2, 0.25) is 0 Å². The monoisotopic (exact) mass is 239 g/mol. The summed E-state index contributed by atoms with van der Waals surface area (Å²) in [5.74, 6) is 0.852. The highest BCUT2D eigenvalue weighted by atomic mass is 16.5. The number of ether oxygens (including phenoxy) is 3. The molecule has 0 aliphatic heterocycles. The Labute approximate surface area is 101 Å². The van der Waals surface area contributed by atoms with E-state index in [4.69, 9.17) is 14.2 Å². The molecule has 1 atom stereocenters. The molecule has 0 fully saturated rings. The highest BCUT2D eigenvalue weighted by Crippen LogP contribution is 2.30. The lowest BCUT2D eigenvalue weighted by Crippen LogP contribution is -2.26. The lowest BCUT2D eigenvalue weighted by Gasteiger charge is -2.16. The zero-order valence-electron chi connectivity index (χ0n) is 10.4. The summed E-state index contributed by atoms with van der Waals surface area (Å²) in [4.78, 5) is 11.5. The first kappa shape index (κ1) is 13.3. The fraction of sp³-hybridized carbons (Fsp3) is 0.417. The van der Waals surface area contributed by atoms with Gasteiger partial charge in [-0.2, -0.15) is 0 Å². The molecule has 0 saturated heterocycles. The molecule has 0 aromatic heterocycles. The molecule has 0 aliphatic carbocycles. The van der Waals surface area contributed by atoms with E-state index < -0.39 is 6.04 Å². The van der Waals surface area contributed by atoms with Crippen molar-refractivity contribution in [2.75, 3.05) is 28.4 Å². The van der Waals surface area contributed by atoms with Gasteiger partial charge in [0, 0.05) is 0 Å². The minimum Gasteiger partial charge on any atom is -0.493 e. The van der Waals surface area contributed by atoms with Gasteiger partial charge in [0.25, 0.3) is 0 Å². The van der Waals surface area contributed by atoms with Crippen molar-refractivity contribution in [3.05, 3.63) is 23.8 Å². The molecule has 1 N–H and O–H groups in total. The van der Waals surface area contributed by atoms with E-state index in [2.05, 4.69) is 5.32 Å². The Kier molecular flexibility index (Phi) is 4.78. The lowest BCUT2D eigenvalue weighted by atomic mass is 10.1. The van der Waals surface area contributed by atoms with Crippen LogP contribution in [0.25, 0.3) is 0 Å². The largest absolute Gasteiger partial charge is 0.493 e. The van der Waals surface area contributed by atoms with E-state index in [1.165, 1.54) is 7.11 Å². The second-order valence-corrected chi connectivity index (χ2v) is 3.36. The molecule has 0 bridgehead atoms. The van der Waals surface area contributed by atoms with E-state index in [1.54, 1.807) is 39.5 Å². The van der Waals surface area contributed by atoms with Gasteiger partial charge in [-0.25, -0.2) is 4.79 Å². The van der Waals surface area contributed by atoms with E-state index in [0.717, 1.165) is 5.56 Å². The first-order chi connectivity index (χ1) is 8.17. The molecule has 1 aromatic rings. The summed E-state index contributed by atoms with van der Waals surface area (Å²) in [5, 5.41) is 2.89. The second kappa shape index (κ2) is 6.10. The number of carbonyl (C=O) groups excluding carboxylic acids is 1. The Balaban J connectivity index is 3.09. The number of esters is 1. The van der Waals surface area contributed by atoms with Gasteiger partial charge in [-0.15, -0.1) is 0 Å². The van der Waals surface area contributed by atoms with Crippen LogP contribution in [0.1, 0.15) is 11.6 Å². The number of benzene rings is 1. The molecule has 0 aliphatic rings. The molecule has 5 heteroatoms. The smallest absolute Gasteiger partial charge is 0.327 e. The molecule has 1 rings (SSSR count). The number of likely N-dealkylation sites (N-methyl/N-ethyl adjacent to an activating group) is 1. The quantitative estimate of drug-likeness (QED) is 0.781. The van der Waals surface area contributed by atoms with E-state index >= 15 is 0 Å². The van der Waals surface area contributed by atoms with Crippen LogP contribution >= 0.6 is 0 Å². The molecule has 0 heterocycles. The third kappa shape index (κ3) is 2.88. The molecule has 1 unspecified atom stereocenters. The van der Waals surface area contributed by atoms with Crippen LogP contribution in [0.15, 0.2) is 18.2 Å². The SMILES string of the molecule is CNC(C(=O)OC)c1ccc(OC)c(OC)c1. The summed E-state index contributed by atoms with van der Waals surface area (Å²) in [5.41, 5.74) is 0.761. The molecular weight excluding hydrogens is 222 g/mol. The average molecular weight is 239 g/mol. The van der Waals surface area contributed by atoms with Gasteiger partial charge in [-0.1, -0.05) is 6.07 Å². The number of carbonyl (C=O) groups is 1. The molecule has 0 amide bonds. The Morgan fingerprint density at radius 1 is 1.18 bits per heavy atom. The van der Waals surface area contributed by atoms with Gasteiger partial charge in [0.1, 0.15) is 6.04 Å². The van der Waals surface area contributed by atoms with Gasteiger partial charge in [-0.05, 0) is 24.7 Å². The van der Waals surface area contributed by atoms with Crippen molar-refractivity contribution in [2.45, 2.75) is 6.04 Å². The normalized spacial score (nSPS) is 11.8. The lowest BCUT2D eigenvalue weighted by molar-refractivity contribution is -0.143. The number of methoxy groups -OCH3 is 3. The molecule has 94 valence electrons. The summed E-state index contributed by atoms with van der Waals surface area (Å²) in [6.45, 7) is 0. The van der Waals surface area contributed by atoms with Gasteiger partial charge in [0.15, 0.2) is 11.5 Å². The van der Waals surface area contributed by atoms with Crippen LogP contribution in [0.4, 0.5) is 0 Å². The van der Waals surface area contributed by atoms with Crippen LogP contribution in [-0.4, -0.2) is 34.3 Å². The second-order valence-electron chi connectivity index (χ2n) is 3.36. The maximum atomic E-state index is 11.5. The fourth-order valence-corrected chi connectivity index (χ4v) is 1.57.